The van der Waals surface area contributed by atoms with Crippen LogP contribution in [-0.4, -0.2) is 35.6 Å². The van der Waals surface area contributed by atoms with E-state index in [1.165, 1.54) is 6.07 Å². The number of amides is 2. The minimum atomic E-state index is -5.08. The van der Waals surface area contributed by atoms with E-state index < -0.39 is 18.1 Å². The summed E-state index contributed by atoms with van der Waals surface area (Å²) in [7, 11) is 0. The highest BCUT2D eigenvalue weighted by Crippen LogP contribution is 2.13. The molecule has 7 nitrogen and oxygen atoms in total. The molecule has 0 fully saturated rings. The van der Waals surface area contributed by atoms with Crippen LogP contribution in [0.2, 0.25) is 0 Å². The summed E-state index contributed by atoms with van der Waals surface area (Å²) in [6.07, 6.45) is -3.44. The Bertz CT molecular complexity index is 914. The zero-order valence-corrected chi connectivity index (χ0v) is 16.1. The highest BCUT2D eigenvalue weighted by Gasteiger charge is 2.38. The lowest BCUT2D eigenvalue weighted by Crippen LogP contribution is -2.25. The number of carbonyl (C=O) groups excluding carboxylic acids is 2. The van der Waals surface area contributed by atoms with Gasteiger partial charge < -0.3 is 21.9 Å². The molecule has 0 saturated carbocycles. The van der Waals surface area contributed by atoms with E-state index in [2.05, 4.69) is 5.32 Å². The molecule has 0 heterocycles. The molecule has 30 heavy (non-hydrogen) atoms. The van der Waals surface area contributed by atoms with Crippen molar-refractivity contribution in [3.05, 3.63) is 64.7 Å². The SMILES string of the molecule is Cc1ccc(C(=O)NCCCc2cccc(N)c2)cc1C(N)=O.O=C(O)C(F)(F)F. The summed E-state index contributed by atoms with van der Waals surface area (Å²) >= 11 is 0. The maximum atomic E-state index is 12.1. The average Bonchev–Trinajstić information content (AvgIpc) is 2.65. The van der Waals surface area contributed by atoms with E-state index in [0.29, 0.717) is 17.7 Å². The van der Waals surface area contributed by atoms with Crippen LogP contribution in [0, 0.1) is 6.92 Å². The van der Waals surface area contributed by atoms with Gasteiger partial charge in [-0.1, -0.05) is 18.2 Å². The quantitative estimate of drug-likeness (QED) is 0.417. The Balaban J connectivity index is 0.000000553. The van der Waals surface area contributed by atoms with Gasteiger partial charge in [0.2, 0.25) is 5.91 Å². The number of nitrogens with one attached hydrogen (secondary N) is 1. The number of nitrogens with two attached hydrogens (primary N) is 2. The van der Waals surface area contributed by atoms with Gasteiger partial charge in [-0.2, -0.15) is 13.2 Å². The fourth-order valence-electron chi connectivity index (χ4n) is 2.37. The molecule has 0 aromatic heterocycles. The molecule has 10 heteroatoms. The molecular weight excluding hydrogens is 403 g/mol. The second kappa shape index (κ2) is 10.8. The van der Waals surface area contributed by atoms with E-state index in [1.54, 1.807) is 19.1 Å². The van der Waals surface area contributed by atoms with E-state index in [1.807, 2.05) is 24.3 Å². The molecule has 162 valence electrons. The smallest absolute Gasteiger partial charge is 0.475 e. The van der Waals surface area contributed by atoms with Crippen molar-refractivity contribution in [2.24, 2.45) is 5.73 Å². The number of hydrogen-bond acceptors (Lipinski definition) is 4. The van der Waals surface area contributed by atoms with Gasteiger partial charge in [-0.25, -0.2) is 4.79 Å². The molecule has 0 bridgehead atoms. The summed E-state index contributed by atoms with van der Waals surface area (Å²) in [5, 5.41) is 9.97. The van der Waals surface area contributed by atoms with Crippen LogP contribution in [0.15, 0.2) is 42.5 Å². The number of hydrogen-bond donors (Lipinski definition) is 4. The Labute approximate surface area is 170 Å². The van der Waals surface area contributed by atoms with Gasteiger partial charge in [-0.05, 0) is 55.2 Å². The third-order valence-electron chi connectivity index (χ3n) is 3.89. The highest BCUT2D eigenvalue weighted by atomic mass is 19.4. The molecule has 6 N–H and O–H groups in total. The summed E-state index contributed by atoms with van der Waals surface area (Å²) in [4.78, 5) is 32.3. The average molecular weight is 425 g/mol. The van der Waals surface area contributed by atoms with Crippen molar-refractivity contribution in [3.8, 4) is 0 Å². The maximum Gasteiger partial charge on any atom is 0.490 e. The van der Waals surface area contributed by atoms with Crippen LogP contribution >= 0.6 is 0 Å². The van der Waals surface area contributed by atoms with Crippen LogP contribution < -0.4 is 16.8 Å². The summed E-state index contributed by atoms with van der Waals surface area (Å²) in [5.41, 5.74) is 14.5. The largest absolute Gasteiger partial charge is 0.490 e. The minimum absolute atomic E-state index is 0.208. The molecule has 0 aliphatic heterocycles. The van der Waals surface area contributed by atoms with Gasteiger partial charge in [0.15, 0.2) is 0 Å². The van der Waals surface area contributed by atoms with Crippen molar-refractivity contribution in [3.63, 3.8) is 0 Å². The maximum absolute atomic E-state index is 12.1. The Kier molecular flexibility index (Phi) is 8.85. The van der Waals surface area contributed by atoms with Gasteiger partial charge in [-0.15, -0.1) is 0 Å². The van der Waals surface area contributed by atoms with Crippen molar-refractivity contribution >= 4 is 23.5 Å². The van der Waals surface area contributed by atoms with Crippen molar-refractivity contribution in [1.82, 2.24) is 5.32 Å². The molecule has 0 aliphatic carbocycles. The van der Waals surface area contributed by atoms with Gasteiger partial charge in [0.1, 0.15) is 0 Å². The Morgan fingerprint density at radius 1 is 1.10 bits per heavy atom. The van der Waals surface area contributed by atoms with Gasteiger partial charge in [0.25, 0.3) is 5.91 Å². The van der Waals surface area contributed by atoms with Crippen molar-refractivity contribution in [2.75, 3.05) is 12.3 Å². The lowest BCUT2D eigenvalue weighted by Gasteiger charge is -2.08. The van der Waals surface area contributed by atoms with Gasteiger partial charge >= 0.3 is 12.1 Å². The lowest BCUT2D eigenvalue weighted by atomic mass is 10.0. The first-order valence-corrected chi connectivity index (χ1v) is 8.75. The first-order chi connectivity index (χ1) is 13.9. The second-order valence-corrected chi connectivity index (χ2v) is 6.30. The summed E-state index contributed by atoms with van der Waals surface area (Å²) in [6.45, 7) is 2.33. The van der Waals surface area contributed by atoms with Gasteiger partial charge in [0, 0.05) is 23.4 Å². The van der Waals surface area contributed by atoms with E-state index in [9.17, 15) is 22.8 Å². The van der Waals surface area contributed by atoms with E-state index >= 15 is 0 Å². The molecule has 0 aliphatic rings. The van der Waals surface area contributed by atoms with Crippen LogP contribution in [0.4, 0.5) is 18.9 Å². The van der Waals surface area contributed by atoms with Crippen LogP contribution in [0.3, 0.4) is 0 Å². The van der Waals surface area contributed by atoms with Crippen LogP contribution in [-0.2, 0) is 11.2 Å². The topological polar surface area (TPSA) is 136 Å². The number of nitrogen functional groups attached to an aromatic ring is 1. The normalized spacial score (nSPS) is 10.5. The fourth-order valence-corrected chi connectivity index (χ4v) is 2.37. The Hall–Kier alpha value is -3.56. The number of aliphatic carboxylic acids is 1. The Morgan fingerprint density at radius 2 is 1.73 bits per heavy atom. The first kappa shape index (κ1) is 24.5. The molecule has 2 amide bonds. The number of halogens is 3. The molecule has 2 aromatic rings. The predicted octanol–water partition coefficient (Wildman–Crippen LogP) is 2.67. The molecular formula is C20H22F3N3O4. The van der Waals surface area contributed by atoms with E-state index in [-0.39, 0.29) is 5.91 Å². The highest BCUT2D eigenvalue weighted by molar-refractivity contribution is 5.99. The number of carboxylic acid groups (broad SMARTS) is 1. The molecule has 0 saturated heterocycles. The number of aryl methyl sites for hydroxylation is 2. The lowest BCUT2D eigenvalue weighted by molar-refractivity contribution is -0.192. The van der Waals surface area contributed by atoms with Crippen LogP contribution in [0.25, 0.3) is 0 Å². The zero-order chi connectivity index (χ0) is 22.9. The third-order valence-corrected chi connectivity index (χ3v) is 3.89. The summed E-state index contributed by atoms with van der Waals surface area (Å²) in [5.74, 6) is -3.49. The van der Waals surface area contributed by atoms with Crippen LogP contribution in [0.1, 0.15) is 38.3 Å². The standard InChI is InChI=1S/C18H21N3O2.C2HF3O2/c1-12-7-8-14(11-16(12)17(20)22)18(23)21-9-3-5-13-4-2-6-15(19)10-13;3-2(4,5)1(6)7/h2,4,6-8,10-11H,3,5,9,19H2,1H3,(H2,20,22)(H,21,23);(H,6,7). The number of benzene rings is 2. The molecule has 0 unspecified atom stereocenters. The fraction of sp³-hybridized carbons (Fsp3) is 0.250. The number of alkyl halides is 3. The second-order valence-electron chi connectivity index (χ2n) is 6.30. The van der Waals surface area contributed by atoms with E-state index in [4.69, 9.17) is 21.4 Å². The molecule has 2 rings (SSSR count). The van der Waals surface area contributed by atoms with Crippen molar-refractivity contribution < 1.29 is 32.7 Å². The van der Waals surface area contributed by atoms with Gasteiger partial charge in [-0.3, -0.25) is 9.59 Å². The number of anilines is 1. The predicted molar refractivity (Wildman–Crippen MR) is 105 cm³/mol. The number of carboxylic acids is 1. The van der Waals surface area contributed by atoms with Crippen LogP contribution in [0.5, 0.6) is 0 Å². The number of carbonyl (C=O) groups is 3. The van der Waals surface area contributed by atoms with E-state index in [0.717, 1.165) is 29.7 Å². The number of primary amides is 1. The molecule has 0 atom stereocenters. The van der Waals surface area contributed by atoms with Gasteiger partial charge in [0.05, 0.1) is 0 Å². The summed E-state index contributed by atoms with van der Waals surface area (Å²) < 4.78 is 31.7. The van der Waals surface area contributed by atoms with Crippen molar-refractivity contribution in [2.45, 2.75) is 25.9 Å². The monoisotopic (exact) mass is 425 g/mol. The number of rotatable bonds is 6. The minimum Gasteiger partial charge on any atom is -0.475 e. The zero-order valence-electron chi connectivity index (χ0n) is 16.1. The summed E-state index contributed by atoms with van der Waals surface area (Å²) in [6, 6.07) is 12.7. The molecule has 0 radical (unpaired) electrons. The third kappa shape index (κ3) is 8.21. The first-order valence-electron chi connectivity index (χ1n) is 8.75. The Morgan fingerprint density at radius 3 is 2.27 bits per heavy atom. The van der Waals surface area contributed by atoms with Crippen molar-refractivity contribution in [1.29, 1.82) is 0 Å². The molecule has 2 aromatic carbocycles. The molecule has 0 spiro atoms.